The number of hydrogen-bond acceptors (Lipinski definition) is 4. The second kappa shape index (κ2) is 8.42. The van der Waals surface area contributed by atoms with E-state index in [0.717, 1.165) is 11.3 Å². The van der Waals surface area contributed by atoms with Crippen LogP contribution in [-0.4, -0.2) is 24.4 Å². The van der Waals surface area contributed by atoms with Crippen molar-refractivity contribution in [1.82, 2.24) is 5.48 Å². The second-order valence-corrected chi connectivity index (χ2v) is 4.90. The fraction of sp³-hybridized carbons (Fsp3) is 0.294. The first kappa shape index (κ1) is 15.5. The molecule has 21 heavy (non-hydrogen) atoms. The van der Waals surface area contributed by atoms with E-state index in [-0.39, 0.29) is 6.61 Å². The average Bonchev–Trinajstić information content (AvgIpc) is 2.52. The van der Waals surface area contributed by atoms with Crippen LogP contribution in [0.2, 0.25) is 0 Å². The van der Waals surface area contributed by atoms with Crippen LogP contribution in [0, 0.1) is 6.92 Å². The largest absolute Gasteiger partial charge is 0.491 e. The Balaban J connectivity index is 1.59. The van der Waals surface area contributed by atoms with Crippen LogP contribution in [0.5, 0.6) is 5.75 Å². The summed E-state index contributed by atoms with van der Waals surface area (Å²) in [6.45, 7) is 3.03. The van der Waals surface area contributed by atoms with Crippen molar-refractivity contribution in [2.45, 2.75) is 19.6 Å². The summed E-state index contributed by atoms with van der Waals surface area (Å²) in [4.78, 5) is 5.29. The maximum Gasteiger partial charge on any atom is 0.119 e. The maximum absolute atomic E-state index is 9.79. The van der Waals surface area contributed by atoms with Crippen molar-refractivity contribution in [2.75, 3.05) is 13.2 Å². The lowest BCUT2D eigenvalue weighted by atomic mass is 10.2. The molecule has 2 rings (SSSR count). The molecule has 0 heterocycles. The number of benzene rings is 2. The van der Waals surface area contributed by atoms with Crippen molar-refractivity contribution in [3.05, 3.63) is 65.7 Å². The van der Waals surface area contributed by atoms with Gasteiger partial charge in [0.1, 0.15) is 18.5 Å². The van der Waals surface area contributed by atoms with Crippen molar-refractivity contribution in [3.8, 4) is 5.75 Å². The molecule has 0 saturated heterocycles. The van der Waals surface area contributed by atoms with Gasteiger partial charge in [-0.3, -0.25) is 4.84 Å². The van der Waals surface area contributed by atoms with E-state index in [1.165, 1.54) is 5.56 Å². The summed E-state index contributed by atoms with van der Waals surface area (Å²) in [5, 5.41) is 9.79. The van der Waals surface area contributed by atoms with Crippen LogP contribution in [-0.2, 0) is 11.4 Å². The molecule has 1 unspecified atom stereocenters. The molecule has 2 aromatic rings. The minimum Gasteiger partial charge on any atom is -0.491 e. The first-order valence-electron chi connectivity index (χ1n) is 7.00. The summed E-state index contributed by atoms with van der Waals surface area (Å²) in [6.07, 6.45) is -0.623. The van der Waals surface area contributed by atoms with Gasteiger partial charge in [-0.15, -0.1) is 0 Å². The Hall–Kier alpha value is -1.88. The van der Waals surface area contributed by atoms with E-state index in [2.05, 4.69) is 5.48 Å². The predicted octanol–water partition coefficient (Wildman–Crippen LogP) is 2.46. The molecule has 0 aliphatic carbocycles. The Morgan fingerprint density at radius 1 is 1.05 bits per heavy atom. The van der Waals surface area contributed by atoms with E-state index in [1.54, 1.807) is 0 Å². The number of aliphatic hydroxyl groups excluding tert-OH is 1. The van der Waals surface area contributed by atoms with Crippen LogP contribution in [0.15, 0.2) is 54.6 Å². The molecule has 2 N–H and O–H groups in total. The zero-order chi connectivity index (χ0) is 14.9. The first-order valence-corrected chi connectivity index (χ1v) is 7.00. The minimum absolute atomic E-state index is 0.227. The number of rotatable bonds is 8. The highest BCUT2D eigenvalue weighted by Gasteiger charge is 2.05. The van der Waals surface area contributed by atoms with Gasteiger partial charge in [0.15, 0.2) is 0 Å². The summed E-state index contributed by atoms with van der Waals surface area (Å²) >= 11 is 0. The molecule has 0 aromatic heterocycles. The van der Waals surface area contributed by atoms with Gasteiger partial charge < -0.3 is 9.84 Å². The van der Waals surface area contributed by atoms with E-state index in [1.807, 2.05) is 61.5 Å². The van der Waals surface area contributed by atoms with Gasteiger partial charge in [-0.25, -0.2) is 0 Å². The molecule has 0 fully saturated rings. The van der Waals surface area contributed by atoms with Gasteiger partial charge in [-0.2, -0.15) is 5.48 Å². The smallest absolute Gasteiger partial charge is 0.119 e. The Kier molecular flexibility index (Phi) is 6.22. The van der Waals surface area contributed by atoms with Gasteiger partial charge in [-0.1, -0.05) is 48.0 Å². The molecule has 4 heteroatoms. The second-order valence-electron chi connectivity index (χ2n) is 4.90. The van der Waals surface area contributed by atoms with Gasteiger partial charge in [0.25, 0.3) is 0 Å². The Morgan fingerprint density at radius 3 is 2.48 bits per heavy atom. The zero-order valence-electron chi connectivity index (χ0n) is 12.2. The fourth-order valence-corrected chi connectivity index (χ4v) is 1.75. The monoisotopic (exact) mass is 287 g/mol. The van der Waals surface area contributed by atoms with Crippen LogP contribution in [0.4, 0.5) is 0 Å². The van der Waals surface area contributed by atoms with Gasteiger partial charge in [0, 0.05) is 0 Å². The fourth-order valence-electron chi connectivity index (χ4n) is 1.75. The molecule has 0 aliphatic heterocycles. The standard InChI is InChI=1S/C17H21NO3/c1-14-7-9-17(10-8-14)20-13-16(19)11-18-21-12-15-5-3-2-4-6-15/h2-10,16,18-19H,11-13H2,1H3. The van der Waals surface area contributed by atoms with Gasteiger partial charge in [0.2, 0.25) is 0 Å². The maximum atomic E-state index is 9.79. The van der Waals surface area contributed by atoms with Crippen LogP contribution in [0.3, 0.4) is 0 Å². The van der Waals surface area contributed by atoms with E-state index < -0.39 is 6.10 Å². The van der Waals surface area contributed by atoms with Crippen molar-refractivity contribution >= 4 is 0 Å². The van der Waals surface area contributed by atoms with E-state index in [4.69, 9.17) is 9.57 Å². The van der Waals surface area contributed by atoms with Crippen molar-refractivity contribution in [3.63, 3.8) is 0 Å². The van der Waals surface area contributed by atoms with Crippen molar-refractivity contribution < 1.29 is 14.7 Å². The molecule has 4 nitrogen and oxygen atoms in total. The minimum atomic E-state index is -0.623. The number of hydrogen-bond donors (Lipinski definition) is 2. The molecule has 0 bridgehead atoms. The van der Waals surface area contributed by atoms with Crippen LogP contribution in [0.1, 0.15) is 11.1 Å². The van der Waals surface area contributed by atoms with Crippen LogP contribution < -0.4 is 10.2 Å². The topological polar surface area (TPSA) is 50.7 Å². The Labute approximate surface area is 125 Å². The summed E-state index contributed by atoms with van der Waals surface area (Å²) < 4.78 is 5.49. The molecule has 0 spiro atoms. The SMILES string of the molecule is Cc1ccc(OCC(O)CNOCc2ccccc2)cc1. The number of ether oxygens (including phenoxy) is 1. The highest BCUT2D eigenvalue weighted by molar-refractivity contribution is 5.26. The molecule has 112 valence electrons. The molecular weight excluding hydrogens is 266 g/mol. The third-order valence-electron chi connectivity index (χ3n) is 2.97. The first-order chi connectivity index (χ1) is 10.2. The van der Waals surface area contributed by atoms with E-state index in [9.17, 15) is 5.11 Å². The molecule has 2 aromatic carbocycles. The molecule has 0 radical (unpaired) electrons. The Morgan fingerprint density at radius 2 is 1.76 bits per heavy atom. The lowest BCUT2D eigenvalue weighted by molar-refractivity contribution is -0.00596. The summed E-state index contributed by atoms with van der Waals surface area (Å²) in [5.74, 6) is 0.754. The summed E-state index contributed by atoms with van der Waals surface area (Å²) in [5.41, 5.74) is 5.01. The molecule has 1 atom stereocenters. The molecule has 0 saturated carbocycles. The third kappa shape index (κ3) is 5.95. The van der Waals surface area contributed by atoms with Crippen molar-refractivity contribution in [2.24, 2.45) is 0 Å². The highest BCUT2D eigenvalue weighted by atomic mass is 16.6. The quantitative estimate of drug-likeness (QED) is 0.578. The highest BCUT2D eigenvalue weighted by Crippen LogP contribution is 2.11. The van der Waals surface area contributed by atoms with Crippen LogP contribution >= 0.6 is 0 Å². The zero-order valence-corrected chi connectivity index (χ0v) is 12.2. The Bertz CT molecular complexity index is 513. The normalized spacial score (nSPS) is 12.1. The van der Waals surface area contributed by atoms with E-state index in [0.29, 0.717) is 13.2 Å². The number of aryl methyl sites for hydroxylation is 1. The lowest BCUT2D eigenvalue weighted by Gasteiger charge is -2.13. The van der Waals surface area contributed by atoms with Gasteiger partial charge >= 0.3 is 0 Å². The van der Waals surface area contributed by atoms with Crippen molar-refractivity contribution in [1.29, 1.82) is 0 Å². The molecule has 0 amide bonds. The third-order valence-corrected chi connectivity index (χ3v) is 2.97. The van der Waals surface area contributed by atoms with Crippen LogP contribution in [0.25, 0.3) is 0 Å². The van der Waals surface area contributed by atoms with Gasteiger partial charge in [0.05, 0.1) is 13.2 Å². The summed E-state index contributed by atoms with van der Waals surface area (Å²) in [6, 6.07) is 17.6. The number of aliphatic hydroxyl groups is 1. The number of nitrogens with one attached hydrogen (secondary N) is 1. The molecule has 0 aliphatic rings. The van der Waals surface area contributed by atoms with E-state index >= 15 is 0 Å². The summed E-state index contributed by atoms with van der Waals surface area (Å²) in [7, 11) is 0. The predicted molar refractivity (Wildman–Crippen MR) is 81.9 cm³/mol. The molecular formula is C17H21NO3. The number of hydroxylamine groups is 1. The lowest BCUT2D eigenvalue weighted by Crippen LogP contribution is -2.31. The van der Waals surface area contributed by atoms with Gasteiger partial charge in [-0.05, 0) is 24.6 Å². The average molecular weight is 287 g/mol.